The number of nitrogens with one attached hydrogen (secondary N) is 2. The maximum absolute atomic E-state index is 12.7. The fourth-order valence-electron chi connectivity index (χ4n) is 1.81. The van der Waals surface area contributed by atoms with Crippen molar-refractivity contribution < 1.29 is 31.1 Å². The quantitative estimate of drug-likeness (QED) is 0.825. The Bertz CT molecular complexity index is 741. The van der Waals surface area contributed by atoms with Gasteiger partial charge in [0.25, 0.3) is 5.91 Å². The molecule has 0 fully saturated rings. The average molecular weight is 341 g/mol. The summed E-state index contributed by atoms with van der Waals surface area (Å²) in [5, 5.41) is 10.3. The first kappa shape index (κ1) is 16.8. The number of carbonyl (C=O) groups is 1. The summed E-state index contributed by atoms with van der Waals surface area (Å²) in [6.07, 6.45) is -9.59. The highest BCUT2D eigenvalue weighted by Crippen LogP contribution is 2.35. The molecule has 0 aliphatic heterocycles. The van der Waals surface area contributed by atoms with E-state index in [9.17, 15) is 31.1 Å². The summed E-state index contributed by atoms with van der Waals surface area (Å²) in [5.41, 5.74) is -4.02. The van der Waals surface area contributed by atoms with Crippen molar-refractivity contribution in [1.29, 1.82) is 0 Å². The van der Waals surface area contributed by atoms with Crippen LogP contribution in [0.3, 0.4) is 0 Å². The zero-order valence-electron chi connectivity index (χ0n) is 11.6. The SMILES string of the molecule is Cc1[nH]nc(C(F)(F)F)c1NC(=O)c1cc(C(F)(F)F)n(C)n1. The van der Waals surface area contributed by atoms with Gasteiger partial charge in [0.1, 0.15) is 5.69 Å². The Balaban J connectivity index is 2.33. The van der Waals surface area contributed by atoms with E-state index < -0.39 is 41.0 Å². The normalized spacial score (nSPS) is 12.5. The van der Waals surface area contributed by atoms with E-state index >= 15 is 0 Å². The van der Waals surface area contributed by atoms with Crippen molar-refractivity contribution in [2.75, 3.05) is 5.32 Å². The number of alkyl halides is 6. The zero-order valence-corrected chi connectivity index (χ0v) is 11.6. The molecule has 1 amide bonds. The lowest BCUT2D eigenvalue weighted by Crippen LogP contribution is -2.17. The Hall–Kier alpha value is -2.53. The van der Waals surface area contributed by atoms with Crippen LogP contribution in [0.25, 0.3) is 0 Å². The number of H-pyrrole nitrogens is 1. The van der Waals surface area contributed by atoms with Gasteiger partial charge in [0, 0.05) is 13.1 Å². The third kappa shape index (κ3) is 3.29. The van der Waals surface area contributed by atoms with E-state index in [1.54, 1.807) is 0 Å². The highest BCUT2D eigenvalue weighted by atomic mass is 19.4. The van der Waals surface area contributed by atoms with Crippen LogP contribution in [-0.2, 0) is 19.4 Å². The minimum absolute atomic E-state index is 0.0994. The Morgan fingerprint density at radius 2 is 1.83 bits per heavy atom. The van der Waals surface area contributed by atoms with Crippen LogP contribution < -0.4 is 5.32 Å². The van der Waals surface area contributed by atoms with Gasteiger partial charge in [-0.2, -0.15) is 36.5 Å². The maximum Gasteiger partial charge on any atom is 0.437 e. The monoisotopic (exact) mass is 341 g/mol. The Morgan fingerprint density at radius 1 is 1.22 bits per heavy atom. The number of nitrogens with zero attached hydrogens (tertiary/aromatic N) is 3. The second-order valence-corrected chi connectivity index (χ2v) is 4.56. The van der Waals surface area contributed by atoms with Crippen LogP contribution in [0.2, 0.25) is 0 Å². The number of aromatic nitrogens is 4. The van der Waals surface area contributed by atoms with Gasteiger partial charge >= 0.3 is 12.4 Å². The van der Waals surface area contributed by atoms with E-state index in [0.29, 0.717) is 10.7 Å². The molecule has 2 N–H and O–H groups in total. The first-order chi connectivity index (χ1) is 10.4. The molecule has 2 rings (SSSR count). The van der Waals surface area contributed by atoms with Gasteiger partial charge in [-0.3, -0.25) is 14.6 Å². The molecule has 0 aliphatic rings. The Kier molecular flexibility index (Phi) is 3.86. The molecule has 0 unspecified atom stereocenters. The second-order valence-electron chi connectivity index (χ2n) is 4.56. The van der Waals surface area contributed by atoms with Crippen LogP contribution >= 0.6 is 0 Å². The molecule has 0 radical (unpaired) electrons. The van der Waals surface area contributed by atoms with Crippen molar-refractivity contribution in [2.45, 2.75) is 19.3 Å². The molecule has 0 bridgehead atoms. The Labute approximate surface area is 124 Å². The molecule has 0 aliphatic carbocycles. The van der Waals surface area contributed by atoms with Gasteiger partial charge in [-0.15, -0.1) is 0 Å². The summed E-state index contributed by atoms with van der Waals surface area (Å²) in [6.45, 7) is 1.22. The number of amides is 1. The summed E-state index contributed by atoms with van der Waals surface area (Å²) < 4.78 is 76.5. The highest BCUT2D eigenvalue weighted by molar-refractivity contribution is 6.03. The van der Waals surface area contributed by atoms with Crippen LogP contribution in [0.5, 0.6) is 0 Å². The first-order valence-corrected chi connectivity index (χ1v) is 5.96. The van der Waals surface area contributed by atoms with Crippen molar-refractivity contribution in [3.05, 3.63) is 28.8 Å². The minimum Gasteiger partial charge on any atom is -0.317 e. The summed E-state index contributed by atoms with van der Waals surface area (Å²) >= 11 is 0. The van der Waals surface area contributed by atoms with Crippen molar-refractivity contribution in [2.24, 2.45) is 7.05 Å². The number of aromatic amines is 1. The topological polar surface area (TPSA) is 75.6 Å². The molecule has 0 saturated carbocycles. The number of aryl methyl sites for hydroxylation is 2. The van der Waals surface area contributed by atoms with Gasteiger partial charge in [0.15, 0.2) is 11.4 Å². The molecule has 12 heteroatoms. The van der Waals surface area contributed by atoms with Crippen molar-refractivity contribution in [3.63, 3.8) is 0 Å². The molecule has 126 valence electrons. The Morgan fingerprint density at radius 3 is 2.30 bits per heavy atom. The molecular weight excluding hydrogens is 332 g/mol. The van der Waals surface area contributed by atoms with Gasteiger partial charge in [-0.1, -0.05) is 0 Å². The van der Waals surface area contributed by atoms with Crippen molar-refractivity contribution in [3.8, 4) is 0 Å². The fourth-order valence-corrected chi connectivity index (χ4v) is 1.81. The van der Waals surface area contributed by atoms with Crippen LogP contribution in [0.4, 0.5) is 32.0 Å². The largest absolute Gasteiger partial charge is 0.437 e. The van der Waals surface area contributed by atoms with Gasteiger partial charge in [-0.05, 0) is 6.92 Å². The van der Waals surface area contributed by atoms with Crippen molar-refractivity contribution in [1.82, 2.24) is 20.0 Å². The predicted molar refractivity (Wildman–Crippen MR) is 64.5 cm³/mol. The predicted octanol–water partition coefficient (Wildman–Crippen LogP) is 2.74. The van der Waals surface area contributed by atoms with Gasteiger partial charge in [0.05, 0.1) is 11.4 Å². The number of halogens is 6. The lowest BCUT2D eigenvalue weighted by atomic mass is 10.2. The third-order valence-corrected chi connectivity index (χ3v) is 2.86. The number of hydrogen-bond acceptors (Lipinski definition) is 3. The second kappa shape index (κ2) is 5.28. The molecular formula is C11H9F6N5O. The highest BCUT2D eigenvalue weighted by Gasteiger charge is 2.39. The van der Waals surface area contributed by atoms with Crippen LogP contribution in [0, 0.1) is 6.92 Å². The van der Waals surface area contributed by atoms with E-state index in [-0.39, 0.29) is 5.69 Å². The molecule has 0 saturated heterocycles. The van der Waals surface area contributed by atoms with Gasteiger partial charge in [0.2, 0.25) is 0 Å². The number of anilines is 1. The lowest BCUT2D eigenvalue weighted by molar-refractivity contribution is -0.143. The standard InChI is InChI=1S/C11H9F6N5O/c1-4-7(8(20-19-4)11(15,16)17)18-9(23)5-3-6(10(12,13)14)22(2)21-5/h3H,1-2H3,(H,18,23)(H,19,20). The molecule has 23 heavy (non-hydrogen) atoms. The number of hydrogen-bond donors (Lipinski definition) is 2. The summed E-state index contributed by atoms with van der Waals surface area (Å²) in [5.74, 6) is -1.22. The van der Waals surface area contributed by atoms with Crippen LogP contribution in [-0.4, -0.2) is 25.9 Å². The van der Waals surface area contributed by atoms with Crippen LogP contribution in [0.1, 0.15) is 27.6 Å². The maximum atomic E-state index is 12.7. The minimum atomic E-state index is -4.84. The fraction of sp³-hybridized carbons (Fsp3) is 0.364. The molecule has 2 aromatic rings. The number of rotatable bonds is 2. The van der Waals surface area contributed by atoms with Crippen molar-refractivity contribution >= 4 is 11.6 Å². The average Bonchev–Trinajstić information content (AvgIpc) is 2.92. The van der Waals surface area contributed by atoms with E-state index in [1.807, 2.05) is 5.32 Å². The lowest BCUT2D eigenvalue weighted by Gasteiger charge is -2.07. The van der Waals surface area contributed by atoms with Crippen LogP contribution in [0.15, 0.2) is 6.07 Å². The van der Waals surface area contributed by atoms with Gasteiger partial charge < -0.3 is 5.32 Å². The summed E-state index contributed by atoms with van der Waals surface area (Å²) in [7, 11) is 0.962. The molecule has 2 heterocycles. The summed E-state index contributed by atoms with van der Waals surface area (Å²) in [6, 6.07) is 0.442. The summed E-state index contributed by atoms with van der Waals surface area (Å²) in [4.78, 5) is 11.9. The first-order valence-electron chi connectivity index (χ1n) is 5.96. The van der Waals surface area contributed by atoms with E-state index in [2.05, 4.69) is 15.3 Å². The zero-order chi connectivity index (χ0) is 17.6. The van der Waals surface area contributed by atoms with E-state index in [0.717, 1.165) is 7.05 Å². The third-order valence-electron chi connectivity index (χ3n) is 2.86. The molecule has 6 nitrogen and oxygen atoms in total. The smallest absolute Gasteiger partial charge is 0.317 e. The van der Waals surface area contributed by atoms with E-state index in [1.165, 1.54) is 6.92 Å². The molecule has 0 atom stereocenters. The molecule has 0 spiro atoms. The molecule has 2 aromatic heterocycles. The molecule has 0 aromatic carbocycles. The number of carbonyl (C=O) groups excluding carboxylic acids is 1. The van der Waals surface area contributed by atoms with Gasteiger partial charge in [-0.25, -0.2) is 0 Å². The van der Waals surface area contributed by atoms with E-state index in [4.69, 9.17) is 0 Å².